The van der Waals surface area contributed by atoms with Crippen LogP contribution < -0.4 is 0 Å². The highest BCUT2D eigenvalue weighted by molar-refractivity contribution is 5.71. The summed E-state index contributed by atoms with van der Waals surface area (Å²) in [5, 5.41) is 0. The Morgan fingerprint density at radius 2 is 0.507 bits per heavy atom. The van der Waals surface area contributed by atoms with Crippen LogP contribution in [0.3, 0.4) is 0 Å². The molecule has 0 N–H and O–H groups in total. The molecule has 0 aromatic heterocycles. The number of ether oxygens (including phenoxy) is 3. The van der Waals surface area contributed by atoms with Crippen molar-refractivity contribution in [2.24, 2.45) is 0 Å². The molecule has 0 aromatic carbocycles. The summed E-state index contributed by atoms with van der Waals surface area (Å²) in [6.07, 6.45) is 72.8. The molecule has 0 radical (unpaired) electrons. The summed E-state index contributed by atoms with van der Waals surface area (Å²) >= 11 is 0. The quantitative estimate of drug-likeness (QED) is 0.0261. The molecule has 0 rings (SSSR count). The highest BCUT2D eigenvalue weighted by Crippen LogP contribution is 2.17. The van der Waals surface area contributed by atoms with Gasteiger partial charge in [-0.3, -0.25) is 14.4 Å². The number of carbonyl (C=O) groups excluding carboxylic acids is 3. The lowest BCUT2D eigenvalue weighted by atomic mass is 10.0. The Morgan fingerprint density at radius 1 is 0.282 bits per heavy atom. The van der Waals surface area contributed by atoms with Crippen molar-refractivity contribution in [1.29, 1.82) is 0 Å². The molecule has 0 aliphatic heterocycles. The lowest BCUT2D eigenvalue weighted by molar-refractivity contribution is -0.167. The van der Waals surface area contributed by atoms with Gasteiger partial charge in [-0.15, -0.1) is 0 Å². The Morgan fingerprint density at radius 3 is 0.789 bits per heavy atom. The van der Waals surface area contributed by atoms with Crippen LogP contribution in [-0.2, 0) is 28.6 Å². The normalized spacial score (nSPS) is 12.2. The Labute approximate surface area is 442 Å². The van der Waals surface area contributed by atoms with E-state index in [1.165, 1.54) is 225 Å². The molecule has 1 atom stereocenters. The highest BCUT2D eigenvalue weighted by Gasteiger charge is 2.19. The van der Waals surface area contributed by atoms with Crippen molar-refractivity contribution in [2.75, 3.05) is 13.2 Å². The summed E-state index contributed by atoms with van der Waals surface area (Å²) in [4.78, 5) is 38.3. The van der Waals surface area contributed by atoms with Crippen LogP contribution in [0.2, 0.25) is 0 Å². The summed E-state index contributed by atoms with van der Waals surface area (Å²) < 4.78 is 16.9. The van der Waals surface area contributed by atoms with Gasteiger partial charge in [0, 0.05) is 19.3 Å². The van der Waals surface area contributed by atoms with Crippen LogP contribution in [-0.4, -0.2) is 37.2 Å². The molecule has 0 amide bonds. The molecule has 71 heavy (non-hydrogen) atoms. The molecule has 416 valence electrons. The predicted octanol–water partition coefficient (Wildman–Crippen LogP) is 21.2. The first-order valence-electron chi connectivity index (χ1n) is 31.5. The van der Waals surface area contributed by atoms with Gasteiger partial charge in [0.1, 0.15) is 13.2 Å². The van der Waals surface area contributed by atoms with Gasteiger partial charge in [-0.05, 0) is 57.8 Å². The van der Waals surface area contributed by atoms with E-state index in [0.717, 1.165) is 77.0 Å². The zero-order chi connectivity index (χ0) is 51.4. The monoisotopic (exact) mass is 997 g/mol. The molecule has 0 fully saturated rings. The van der Waals surface area contributed by atoms with Gasteiger partial charge in [-0.1, -0.05) is 301 Å². The molecule has 1 unspecified atom stereocenters. The van der Waals surface area contributed by atoms with E-state index in [-0.39, 0.29) is 31.1 Å². The van der Waals surface area contributed by atoms with Crippen molar-refractivity contribution in [3.8, 4) is 0 Å². The van der Waals surface area contributed by atoms with E-state index in [9.17, 15) is 14.4 Å². The maximum absolute atomic E-state index is 12.9. The summed E-state index contributed by atoms with van der Waals surface area (Å²) in [6, 6.07) is 0. The lowest BCUT2D eigenvalue weighted by Crippen LogP contribution is -2.30. The van der Waals surface area contributed by atoms with Gasteiger partial charge in [-0.2, -0.15) is 0 Å². The average molecular weight is 998 g/mol. The van der Waals surface area contributed by atoms with E-state index in [1.54, 1.807) is 0 Å². The topological polar surface area (TPSA) is 78.9 Å². The first-order chi connectivity index (χ1) is 35.0. The van der Waals surface area contributed by atoms with Crippen molar-refractivity contribution in [1.82, 2.24) is 0 Å². The lowest BCUT2D eigenvalue weighted by Gasteiger charge is -2.18. The molecule has 0 bridgehead atoms. The van der Waals surface area contributed by atoms with Gasteiger partial charge in [-0.25, -0.2) is 0 Å². The minimum atomic E-state index is -0.774. The molecule has 0 heterocycles. The largest absolute Gasteiger partial charge is 0.462 e. The van der Waals surface area contributed by atoms with Crippen LogP contribution >= 0.6 is 0 Å². The van der Waals surface area contributed by atoms with Crippen molar-refractivity contribution in [3.63, 3.8) is 0 Å². The number of hydrogen-bond donors (Lipinski definition) is 0. The van der Waals surface area contributed by atoms with Gasteiger partial charge >= 0.3 is 17.9 Å². The maximum Gasteiger partial charge on any atom is 0.306 e. The molecule has 0 spiro atoms. The molecular formula is C65H120O6. The van der Waals surface area contributed by atoms with Gasteiger partial charge in [0.05, 0.1) is 0 Å². The fraction of sp³-hybridized carbons (Fsp3) is 0.862. The summed E-state index contributed by atoms with van der Waals surface area (Å²) in [6.45, 7) is 6.67. The average Bonchev–Trinajstić information content (AvgIpc) is 3.37. The number of hydrogen-bond acceptors (Lipinski definition) is 6. The Balaban J connectivity index is 4.32. The fourth-order valence-electron chi connectivity index (χ4n) is 9.39. The second kappa shape index (κ2) is 60.2. The van der Waals surface area contributed by atoms with Crippen LogP contribution in [0.1, 0.15) is 342 Å². The van der Waals surface area contributed by atoms with Gasteiger partial charge in [0.2, 0.25) is 0 Å². The number of unbranched alkanes of at least 4 members (excludes halogenated alkanes) is 41. The number of allylic oxidation sites excluding steroid dienone is 6. The van der Waals surface area contributed by atoms with E-state index in [4.69, 9.17) is 14.2 Å². The first-order valence-corrected chi connectivity index (χ1v) is 31.5. The summed E-state index contributed by atoms with van der Waals surface area (Å²) in [5.41, 5.74) is 0. The third-order valence-electron chi connectivity index (χ3n) is 14.1. The van der Waals surface area contributed by atoms with Crippen LogP contribution in [0.25, 0.3) is 0 Å². The number of esters is 3. The van der Waals surface area contributed by atoms with Crippen LogP contribution in [0.5, 0.6) is 0 Å². The molecule has 6 heteroatoms. The van der Waals surface area contributed by atoms with E-state index < -0.39 is 6.10 Å². The van der Waals surface area contributed by atoms with Crippen molar-refractivity contribution >= 4 is 17.9 Å². The minimum Gasteiger partial charge on any atom is -0.462 e. The third-order valence-corrected chi connectivity index (χ3v) is 14.1. The van der Waals surface area contributed by atoms with Gasteiger partial charge in [0.15, 0.2) is 6.10 Å². The Bertz CT molecular complexity index is 1190. The van der Waals surface area contributed by atoms with Crippen LogP contribution in [0.15, 0.2) is 36.5 Å². The molecule has 0 aliphatic carbocycles. The summed E-state index contributed by atoms with van der Waals surface area (Å²) in [7, 11) is 0. The zero-order valence-corrected chi connectivity index (χ0v) is 47.8. The number of rotatable bonds is 58. The Kier molecular flexibility index (Phi) is 58.2. The van der Waals surface area contributed by atoms with Gasteiger partial charge in [0.25, 0.3) is 0 Å². The maximum atomic E-state index is 12.9. The zero-order valence-electron chi connectivity index (χ0n) is 47.8. The SMILES string of the molecule is CCCCCCC/C=C\C/C=C\C/C=C\CCCCCCCCC(=O)OCC(COC(=O)CCCCCCCCCCCCCCC)OC(=O)CCCCCCCCCCCCCCCCCCCCC. The van der Waals surface area contributed by atoms with Crippen LogP contribution in [0.4, 0.5) is 0 Å². The van der Waals surface area contributed by atoms with E-state index in [2.05, 4.69) is 57.2 Å². The van der Waals surface area contributed by atoms with Crippen molar-refractivity contribution in [2.45, 2.75) is 348 Å². The Hall–Kier alpha value is -2.37. The molecule has 0 saturated heterocycles. The van der Waals surface area contributed by atoms with E-state index in [0.29, 0.717) is 19.3 Å². The van der Waals surface area contributed by atoms with Crippen molar-refractivity contribution in [3.05, 3.63) is 36.5 Å². The second-order valence-corrected chi connectivity index (χ2v) is 21.3. The first kappa shape index (κ1) is 68.6. The van der Waals surface area contributed by atoms with E-state index >= 15 is 0 Å². The fourth-order valence-corrected chi connectivity index (χ4v) is 9.39. The standard InChI is InChI=1S/C65H120O6/c1-4-7-10-13-16-19-22-25-27-29-31-32-34-35-37-40-43-46-49-52-55-58-64(67)70-61-62(60-69-63(66)57-54-51-48-45-42-39-24-21-18-15-12-9-6-3)71-65(68)59-56-53-50-47-44-41-38-36-33-30-28-26-23-20-17-14-11-8-5-2/h22,25,29,31,34-35,62H,4-21,23-24,26-28,30,32-33,36-61H2,1-3H3/b25-22-,31-29-,35-34-. The predicted molar refractivity (Wildman–Crippen MR) is 307 cm³/mol. The molecule has 6 nitrogen and oxygen atoms in total. The number of carbonyl (C=O) groups is 3. The molecule has 0 saturated carbocycles. The van der Waals surface area contributed by atoms with Crippen molar-refractivity contribution < 1.29 is 28.6 Å². The second-order valence-electron chi connectivity index (χ2n) is 21.3. The smallest absolute Gasteiger partial charge is 0.306 e. The van der Waals surface area contributed by atoms with E-state index in [1.807, 2.05) is 0 Å². The highest BCUT2D eigenvalue weighted by atomic mass is 16.6. The van der Waals surface area contributed by atoms with Crippen LogP contribution in [0, 0.1) is 0 Å². The minimum absolute atomic E-state index is 0.0711. The molecular weight excluding hydrogens is 877 g/mol. The third kappa shape index (κ3) is 58.4. The molecule has 0 aromatic rings. The van der Waals surface area contributed by atoms with Gasteiger partial charge < -0.3 is 14.2 Å². The summed E-state index contributed by atoms with van der Waals surface area (Å²) in [5.74, 6) is -0.860. The molecule has 0 aliphatic rings.